The number of hydrogen-bond acceptors (Lipinski definition) is 4. The van der Waals surface area contributed by atoms with Crippen LogP contribution in [0.5, 0.6) is 11.5 Å². The molecule has 0 aliphatic carbocycles. The molecule has 0 bridgehead atoms. The first kappa shape index (κ1) is 22.5. The molecule has 0 saturated carbocycles. The van der Waals surface area contributed by atoms with Gasteiger partial charge >= 0.3 is 6.18 Å². The van der Waals surface area contributed by atoms with Gasteiger partial charge in [0.2, 0.25) is 0 Å². The largest absolute Gasteiger partial charge is 0.493 e. The van der Waals surface area contributed by atoms with Crippen LogP contribution in [0.4, 0.5) is 18.9 Å². The molecule has 35 heavy (non-hydrogen) atoms. The number of anilines is 1. The van der Waals surface area contributed by atoms with Crippen LogP contribution in [0, 0.1) is 0 Å². The molecule has 1 aromatic heterocycles. The highest BCUT2D eigenvalue weighted by Crippen LogP contribution is 2.47. The van der Waals surface area contributed by atoms with Gasteiger partial charge in [-0.25, -0.2) is 0 Å². The predicted octanol–water partition coefficient (Wildman–Crippen LogP) is 5.86. The Balaban J connectivity index is 1.73. The molecule has 1 aliphatic rings. The number of amides is 1. The van der Waals surface area contributed by atoms with Crippen molar-refractivity contribution in [2.24, 2.45) is 0 Å². The Labute approximate surface area is 198 Å². The zero-order valence-corrected chi connectivity index (χ0v) is 18.8. The molecular formula is C26H20F3N3O3. The van der Waals surface area contributed by atoms with Crippen LogP contribution in [0.25, 0.3) is 11.3 Å². The van der Waals surface area contributed by atoms with E-state index in [1.165, 1.54) is 31.3 Å². The number of rotatable bonds is 5. The maximum Gasteiger partial charge on any atom is 0.416 e. The zero-order chi connectivity index (χ0) is 24.7. The van der Waals surface area contributed by atoms with Gasteiger partial charge in [0.15, 0.2) is 11.5 Å². The van der Waals surface area contributed by atoms with E-state index < -0.39 is 23.7 Å². The first-order valence-electron chi connectivity index (χ1n) is 10.7. The van der Waals surface area contributed by atoms with Crippen LogP contribution < -0.4 is 14.4 Å². The predicted molar refractivity (Wildman–Crippen MR) is 124 cm³/mol. The molecule has 178 valence electrons. The summed E-state index contributed by atoms with van der Waals surface area (Å²) in [6.07, 6.45) is -4.55. The third-order valence-corrected chi connectivity index (χ3v) is 5.99. The van der Waals surface area contributed by atoms with Crippen molar-refractivity contribution in [2.75, 3.05) is 19.1 Å². The van der Waals surface area contributed by atoms with Gasteiger partial charge in [-0.05, 0) is 35.9 Å². The smallest absolute Gasteiger partial charge is 0.416 e. The number of alkyl halides is 3. The molecule has 1 N–H and O–H groups in total. The summed E-state index contributed by atoms with van der Waals surface area (Å²) in [5.41, 5.74) is 2.02. The van der Waals surface area contributed by atoms with Gasteiger partial charge in [-0.15, -0.1) is 0 Å². The van der Waals surface area contributed by atoms with E-state index in [0.717, 1.165) is 17.7 Å². The van der Waals surface area contributed by atoms with E-state index in [-0.39, 0.29) is 11.4 Å². The SMILES string of the molecule is COc1ccc([C@@H]2c3c(-c4ccccc4)n[nH]c3C(=O)N2c2cccc(C(F)(F)F)c2)cc1OC. The summed E-state index contributed by atoms with van der Waals surface area (Å²) in [6, 6.07) is 18.4. The zero-order valence-electron chi connectivity index (χ0n) is 18.8. The number of fused-ring (bicyclic) bond motifs is 1. The maximum absolute atomic E-state index is 13.6. The van der Waals surface area contributed by atoms with Crippen LogP contribution >= 0.6 is 0 Å². The molecule has 0 saturated heterocycles. The lowest BCUT2D eigenvalue weighted by Crippen LogP contribution is -2.29. The monoisotopic (exact) mass is 479 g/mol. The summed E-state index contributed by atoms with van der Waals surface area (Å²) < 4.78 is 51.3. The first-order chi connectivity index (χ1) is 16.8. The van der Waals surface area contributed by atoms with E-state index in [4.69, 9.17) is 9.47 Å². The van der Waals surface area contributed by atoms with Gasteiger partial charge in [-0.1, -0.05) is 42.5 Å². The molecule has 3 aromatic carbocycles. The summed E-state index contributed by atoms with van der Waals surface area (Å²) in [6.45, 7) is 0. The number of nitrogens with one attached hydrogen (secondary N) is 1. The topological polar surface area (TPSA) is 67.5 Å². The molecular weight excluding hydrogens is 459 g/mol. The number of carbonyl (C=O) groups excluding carboxylic acids is 1. The summed E-state index contributed by atoms with van der Waals surface area (Å²) in [7, 11) is 3.00. The minimum Gasteiger partial charge on any atom is -0.493 e. The van der Waals surface area contributed by atoms with Crippen molar-refractivity contribution in [3.05, 3.63) is 95.2 Å². The fourth-order valence-electron chi connectivity index (χ4n) is 4.40. The highest BCUT2D eigenvalue weighted by molar-refractivity contribution is 6.11. The van der Waals surface area contributed by atoms with Gasteiger partial charge in [0.25, 0.3) is 5.91 Å². The van der Waals surface area contributed by atoms with Crippen LogP contribution in [0.2, 0.25) is 0 Å². The van der Waals surface area contributed by atoms with Gasteiger partial charge in [0.05, 0.1) is 31.5 Å². The van der Waals surface area contributed by atoms with Crippen LogP contribution in [-0.4, -0.2) is 30.3 Å². The fourth-order valence-corrected chi connectivity index (χ4v) is 4.40. The Hall–Kier alpha value is -4.27. The number of H-pyrrole nitrogens is 1. The molecule has 5 rings (SSSR count). The number of halogens is 3. The van der Waals surface area contributed by atoms with E-state index in [9.17, 15) is 18.0 Å². The van der Waals surface area contributed by atoms with Crippen molar-refractivity contribution < 1.29 is 27.4 Å². The lowest BCUT2D eigenvalue weighted by Gasteiger charge is -2.27. The second-order valence-corrected chi connectivity index (χ2v) is 7.97. The first-order valence-corrected chi connectivity index (χ1v) is 10.7. The van der Waals surface area contributed by atoms with Crippen LogP contribution in [0.3, 0.4) is 0 Å². The molecule has 6 nitrogen and oxygen atoms in total. The minimum atomic E-state index is -4.55. The highest BCUT2D eigenvalue weighted by atomic mass is 19.4. The van der Waals surface area contributed by atoms with Gasteiger partial charge < -0.3 is 9.47 Å². The number of benzene rings is 3. The third kappa shape index (κ3) is 3.78. The Morgan fingerprint density at radius 3 is 2.34 bits per heavy atom. The van der Waals surface area contributed by atoms with Crippen molar-refractivity contribution in [3.63, 3.8) is 0 Å². The standard InChI is InChI=1S/C26H20F3N3O3/c1-34-19-12-11-16(13-20(19)35-2)24-21-22(15-7-4-3-5-8-15)30-31-23(21)25(33)32(24)18-10-6-9-17(14-18)26(27,28)29/h3-14,24H,1-2H3,(H,30,31)/t24-/m1/s1. The van der Waals surface area contributed by atoms with Gasteiger partial charge in [-0.3, -0.25) is 14.8 Å². The van der Waals surface area contributed by atoms with Crippen molar-refractivity contribution in [2.45, 2.75) is 12.2 Å². The van der Waals surface area contributed by atoms with Crippen LogP contribution in [0.1, 0.15) is 33.2 Å². The molecule has 1 aliphatic heterocycles. The molecule has 9 heteroatoms. The lowest BCUT2D eigenvalue weighted by molar-refractivity contribution is -0.137. The second kappa shape index (κ2) is 8.50. The molecule has 0 fully saturated rings. The number of nitrogens with zero attached hydrogens (tertiary/aromatic N) is 2. The molecule has 1 atom stereocenters. The van der Waals surface area contributed by atoms with Crippen molar-refractivity contribution in [1.82, 2.24) is 10.2 Å². The average molecular weight is 479 g/mol. The summed E-state index contributed by atoms with van der Waals surface area (Å²) >= 11 is 0. The van der Waals surface area contributed by atoms with Gasteiger partial charge in [-0.2, -0.15) is 18.3 Å². The Bertz CT molecular complexity index is 1400. The summed E-state index contributed by atoms with van der Waals surface area (Å²) in [5, 5.41) is 7.20. The second-order valence-electron chi connectivity index (χ2n) is 7.97. The molecule has 0 spiro atoms. The molecule has 0 radical (unpaired) electrons. The van der Waals surface area contributed by atoms with E-state index in [0.29, 0.717) is 28.3 Å². The van der Waals surface area contributed by atoms with E-state index in [2.05, 4.69) is 10.2 Å². The number of methoxy groups -OCH3 is 2. The molecule has 2 heterocycles. The Kier molecular flexibility index (Phi) is 5.47. The Morgan fingerprint density at radius 2 is 1.66 bits per heavy atom. The molecule has 0 unspecified atom stereocenters. The number of hydrogen-bond donors (Lipinski definition) is 1. The van der Waals surface area contributed by atoms with E-state index in [1.807, 2.05) is 30.3 Å². The van der Waals surface area contributed by atoms with Crippen LogP contribution in [-0.2, 0) is 6.18 Å². The van der Waals surface area contributed by atoms with Crippen LogP contribution in [0.15, 0.2) is 72.8 Å². The third-order valence-electron chi connectivity index (χ3n) is 5.99. The fraction of sp³-hybridized carbons (Fsp3) is 0.154. The normalized spacial score (nSPS) is 15.3. The molecule has 1 amide bonds. The van der Waals surface area contributed by atoms with Gasteiger partial charge in [0.1, 0.15) is 5.69 Å². The van der Waals surface area contributed by atoms with Crippen molar-refractivity contribution >= 4 is 11.6 Å². The number of carbonyl (C=O) groups is 1. The number of aromatic nitrogens is 2. The quantitative estimate of drug-likeness (QED) is 0.389. The van der Waals surface area contributed by atoms with Gasteiger partial charge in [0, 0.05) is 16.8 Å². The number of aromatic amines is 1. The maximum atomic E-state index is 13.6. The summed E-state index contributed by atoms with van der Waals surface area (Å²) in [4.78, 5) is 14.9. The average Bonchev–Trinajstić information content (AvgIpc) is 3.42. The number of ether oxygens (including phenoxy) is 2. The Morgan fingerprint density at radius 1 is 0.914 bits per heavy atom. The molecule has 4 aromatic rings. The van der Waals surface area contributed by atoms with Crippen molar-refractivity contribution in [3.8, 4) is 22.8 Å². The van der Waals surface area contributed by atoms with Crippen molar-refractivity contribution in [1.29, 1.82) is 0 Å². The summed E-state index contributed by atoms with van der Waals surface area (Å²) in [5.74, 6) is 0.440. The van der Waals surface area contributed by atoms with E-state index in [1.54, 1.807) is 18.2 Å². The van der Waals surface area contributed by atoms with E-state index >= 15 is 0 Å². The minimum absolute atomic E-state index is 0.119. The lowest BCUT2D eigenvalue weighted by atomic mass is 9.95. The highest BCUT2D eigenvalue weighted by Gasteiger charge is 2.44.